The van der Waals surface area contributed by atoms with Crippen LogP contribution in [0, 0.1) is 17.6 Å². The lowest BCUT2D eigenvalue weighted by atomic mass is 10.1. The van der Waals surface area contributed by atoms with Crippen molar-refractivity contribution >= 4 is 17.5 Å². The maximum atomic E-state index is 13.9. The largest absolute Gasteiger partial charge is 0.340 e. The van der Waals surface area contributed by atoms with Crippen molar-refractivity contribution in [2.75, 3.05) is 44.2 Å². The number of benzene rings is 1. The summed E-state index contributed by atoms with van der Waals surface area (Å²) in [4.78, 5) is 29.9. The van der Waals surface area contributed by atoms with Crippen LogP contribution in [0.1, 0.15) is 13.3 Å². The number of hydrogen-bond acceptors (Lipinski definition) is 3. The van der Waals surface area contributed by atoms with E-state index >= 15 is 0 Å². The van der Waals surface area contributed by atoms with Crippen molar-refractivity contribution in [1.82, 2.24) is 9.80 Å². The predicted molar refractivity (Wildman–Crippen MR) is 85.5 cm³/mol. The van der Waals surface area contributed by atoms with Crippen molar-refractivity contribution in [3.63, 3.8) is 0 Å². The minimum atomic E-state index is -0.784. The summed E-state index contributed by atoms with van der Waals surface area (Å²) in [5.74, 6) is -2.62. The Morgan fingerprint density at radius 1 is 1.17 bits per heavy atom. The van der Waals surface area contributed by atoms with E-state index in [2.05, 4.69) is 11.8 Å². The van der Waals surface area contributed by atoms with Gasteiger partial charge in [-0.1, -0.05) is 13.0 Å². The molecule has 2 aliphatic rings. The van der Waals surface area contributed by atoms with Crippen LogP contribution in [0.2, 0.25) is 0 Å². The number of piperazine rings is 1. The third-order valence-electron chi connectivity index (χ3n) is 4.81. The first-order valence-corrected chi connectivity index (χ1v) is 8.26. The fourth-order valence-electron chi connectivity index (χ4n) is 3.38. The van der Waals surface area contributed by atoms with Crippen LogP contribution in [0.5, 0.6) is 0 Å². The Bertz CT molecular complexity index is 624. The average Bonchev–Trinajstić information content (AvgIpc) is 2.96. The molecule has 5 nitrogen and oxygen atoms in total. The van der Waals surface area contributed by atoms with E-state index in [0.29, 0.717) is 13.1 Å². The van der Waals surface area contributed by atoms with Crippen molar-refractivity contribution in [3.8, 4) is 0 Å². The first kappa shape index (κ1) is 16.8. The lowest BCUT2D eigenvalue weighted by Crippen LogP contribution is -2.50. The summed E-state index contributed by atoms with van der Waals surface area (Å²) in [6, 6.07) is 3.49. The second-order valence-corrected chi connectivity index (χ2v) is 6.24. The zero-order chi connectivity index (χ0) is 17.3. The van der Waals surface area contributed by atoms with Crippen LogP contribution in [-0.2, 0) is 9.59 Å². The molecule has 3 rings (SSSR count). The van der Waals surface area contributed by atoms with E-state index in [0.717, 1.165) is 36.7 Å². The molecule has 0 saturated carbocycles. The van der Waals surface area contributed by atoms with Crippen LogP contribution in [0.25, 0.3) is 0 Å². The maximum Gasteiger partial charge on any atom is 0.228 e. The fraction of sp³-hybridized carbons (Fsp3) is 0.529. The van der Waals surface area contributed by atoms with Gasteiger partial charge in [0, 0.05) is 39.1 Å². The van der Waals surface area contributed by atoms with Gasteiger partial charge < -0.3 is 14.7 Å². The van der Waals surface area contributed by atoms with Crippen molar-refractivity contribution in [2.24, 2.45) is 5.92 Å². The Kier molecular flexibility index (Phi) is 4.80. The van der Waals surface area contributed by atoms with Crippen molar-refractivity contribution in [2.45, 2.75) is 13.3 Å². The topological polar surface area (TPSA) is 43.9 Å². The molecule has 130 valence electrons. The second kappa shape index (κ2) is 6.84. The maximum absolute atomic E-state index is 13.9. The molecule has 0 bridgehead atoms. The van der Waals surface area contributed by atoms with Crippen molar-refractivity contribution in [3.05, 3.63) is 29.8 Å². The molecule has 1 unspecified atom stereocenters. The van der Waals surface area contributed by atoms with E-state index < -0.39 is 23.5 Å². The van der Waals surface area contributed by atoms with Crippen LogP contribution in [0.15, 0.2) is 18.2 Å². The standard InChI is InChI=1S/C17H21F2N3O2/c1-2-20-6-8-21(9-7-20)17(24)12-10-15(23)22(11-12)16-13(18)4-3-5-14(16)19/h3-5,12H,2,6-11H2,1H3. The molecule has 2 aliphatic heterocycles. The molecule has 0 N–H and O–H groups in total. The Morgan fingerprint density at radius 2 is 1.79 bits per heavy atom. The molecule has 0 aromatic heterocycles. The smallest absolute Gasteiger partial charge is 0.228 e. The summed E-state index contributed by atoms with van der Waals surface area (Å²) >= 11 is 0. The van der Waals surface area contributed by atoms with Gasteiger partial charge in [0.15, 0.2) is 0 Å². The minimum absolute atomic E-state index is 0.000595. The Morgan fingerprint density at radius 3 is 2.38 bits per heavy atom. The fourth-order valence-corrected chi connectivity index (χ4v) is 3.38. The number of halogens is 2. The van der Waals surface area contributed by atoms with Gasteiger partial charge in [-0.15, -0.1) is 0 Å². The number of amides is 2. The zero-order valence-electron chi connectivity index (χ0n) is 13.7. The molecule has 7 heteroatoms. The zero-order valence-corrected chi connectivity index (χ0v) is 13.7. The van der Waals surface area contributed by atoms with Crippen molar-refractivity contribution < 1.29 is 18.4 Å². The quantitative estimate of drug-likeness (QED) is 0.839. The summed E-state index contributed by atoms with van der Waals surface area (Å²) in [6.07, 6.45) is 0.000595. The molecule has 2 saturated heterocycles. The SMILES string of the molecule is CCN1CCN(C(=O)C2CC(=O)N(c3c(F)cccc3F)C2)CC1. The molecule has 0 spiro atoms. The van der Waals surface area contributed by atoms with E-state index in [1.807, 2.05) is 0 Å². The average molecular weight is 337 g/mol. The number of likely N-dealkylation sites (N-methyl/N-ethyl adjacent to an activating group) is 1. The molecule has 0 radical (unpaired) electrons. The Hall–Kier alpha value is -2.02. The van der Waals surface area contributed by atoms with Gasteiger partial charge in [0.1, 0.15) is 17.3 Å². The number of para-hydroxylation sites is 1. The van der Waals surface area contributed by atoms with Crippen LogP contribution < -0.4 is 4.90 Å². The highest BCUT2D eigenvalue weighted by molar-refractivity contribution is 6.00. The van der Waals surface area contributed by atoms with Crippen LogP contribution >= 0.6 is 0 Å². The van der Waals surface area contributed by atoms with Gasteiger partial charge in [0.05, 0.1) is 5.92 Å². The lowest BCUT2D eigenvalue weighted by molar-refractivity contribution is -0.137. The third-order valence-corrected chi connectivity index (χ3v) is 4.81. The van der Waals surface area contributed by atoms with Crippen LogP contribution in [0.4, 0.5) is 14.5 Å². The number of rotatable bonds is 3. The minimum Gasteiger partial charge on any atom is -0.340 e. The van der Waals surface area contributed by atoms with Crippen molar-refractivity contribution in [1.29, 1.82) is 0 Å². The molecule has 2 fully saturated rings. The van der Waals surface area contributed by atoms with Gasteiger partial charge in [-0.2, -0.15) is 0 Å². The highest BCUT2D eigenvalue weighted by atomic mass is 19.1. The summed E-state index contributed by atoms with van der Waals surface area (Å²) in [7, 11) is 0. The monoisotopic (exact) mass is 337 g/mol. The number of carbonyl (C=O) groups is 2. The molecule has 1 atom stereocenters. The van der Waals surface area contributed by atoms with Gasteiger partial charge >= 0.3 is 0 Å². The molecular weight excluding hydrogens is 316 g/mol. The van der Waals surface area contributed by atoms with Gasteiger partial charge in [0.2, 0.25) is 11.8 Å². The Balaban J connectivity index is 1.70. The van der Waals surface area contributed by atoms with Gasteiger partial charge in [-0.3, -0.25) is 9.59 Å². The number of anilines is 1. The molecule has 24 heavy (non-hydrogen) atoms. The molecular formula is C17H21F2N3O2. The Labute approximate surface area is 139 Å². The van der Waals surface area contributed by atoms with Gasteiger partial charge in [-0.05, 0) is 18.7 Å². The number of carbonyl (C=O) groups excluding carboxylic acids is 2. The van der Waals surface area contributed by atoms with E-state index in [9.17, 15) is 18.4 Å². The first-order chi connectivity index (χ1) is 11.5. The van der Waals surface area contributed by atoms with Crippen LogP contribution in [0.3, 0.4) is 0 Å². The molecule has 2 amide bonds. The first-order valence-electron chi connectivity index (χ1n) is 8.26. The molecule has 1 aromatic carbocycles. The van der Waals surface area contributed by atoms with Gasteiger partial charge in [0.25, 0.3) is 0 Å². The number of nitrogens with zero attached hydrogens (tertiary/aromatic N) is 3. The van der Waals surface area contributed by atoms with E-state index in [-0.39, 0.29) is 24.6 Å². The lowest BCUT2D eigenvalue weighted by Gasteiger charge is -2.35. The van der Waals surface area contributed by atoms with E-state index in [1.54, 1.807) is 4.90 Å². The third kappa shape index (κ3) is 3.13. The molecule has 2 heterocycles. The van der Waals surface area contributed by atoms with Crippen LogP contribution in [-0.4, -0.2) is 60.9 Å². The summed E-state index contributed by atoms with van der Waals surface area (Å²) < 4.78 is 27.8. The summed E-state index contributed by atoms with van der Waals surface area (Å²) in [5, 5.41) is 0. The van der Waals surface area contributed by atoms with Gasteiger partial charge in [-0.25, -0.2) is 8.78 Å². The highest BCUT2D eigenvalue weighted by Crippen LogP contribution is 2.30. The van der Waals surface area contributed by atoms with E-state index in [1.165, 1.54) is 6.07 Å². The highest BCUT2D eigenvalue weighted by Gasteiger charge is 2.39. The van der Waals surface area contributed by atoms with E-state index in [4.69, 9.17) is 0 Å². The molecule has 0 aliphatic carbocycles. The summed E-state index contributed by atoms with van der Waals surface area (Å²) in [6.45, 7) is 5.95. The second-order valence-electron chi connectivity index (χ2n) is 6.24. The number of hydrogen-bond donors (Lipinski definition) is 0. The molecule has 1 aromatic rings. The normalized spacial score (nSPS) is 22.3. The predicted octanol–water partition coefficient (Wildman–Crippen LogP) is 1.48. The summed E-state index contributed by atoms with van der Waals surface area (Å²) in [5.41, 5.74) is -0.353.